The van der Waals surface area contributed by atoms with E-state index in [1.165, 1.54) is 12.7 Å². The molecule has 2 aromatic rings. The highest BCUT2D eigenvalue weighted by atomic mass is 16.5. The van der Waals surface area contributed by atoms with Crippen LogP contribution in [0.3, 0.4) is 0 Å². The van der Waals surface area contributed by atoms with Crippen LogP contribution in [0.5, 0.6) is 0 Å². The van der Waals surface area contributed by atoms with Gasteiger partial charge in [-0.2, -0.15) is 0 Å². The molecule has 4 heteroatoms. The molecule has 118 valence electrons. The van der Waals surface area contributed by atoms with Gasteiger partial charge in [-0.25, -0.2) is 0 Å². The molecule has 1 unspecified atom stereocenters. The number of hydrogen-bond acceptors (Lipinski definition) is 3. The number of methoxy groups -OCH3 is 1. The fraction of sp³-hybridized carbons (Fsp3) is 0.263. The number of fused-ring (bicyclic) bond motifs is 1. The van der Waals surface area contributed by atoms with Crippen molar-refractivity contribution >= 4 is 17.5 Å². The summed E-state index contributed by atoms with van der Waals surface area (Å²) in [6, 6.07) is 18.2. The minimum atomic E-state index is -0.225. The van der Waals surface area contributed by atoms with Crippen molar-refractivity contribution < 1.29 is 9.53 Å². The van der Waals surface area contributed by atoms with E-state index in [2.05, 4.69) is 18.2 Å². The Morgan fingerprint density at radius 2 is 1.83 bits per heavy atom. The van der Waals surface area contributed by atoms with Crippen LogP contribution in [0.4, 0.5) is 5.69 Å². The fourth-order valence-corrected chi connectivity index (χ4v) is 3.09. The standard InChI is InChI=1S/C19H20N2O2/c1-23-18(22)12-11-16-15-9-5-6-10-17(15)21(19(16)20)13-14-7-3-2-4-8-14/h2-10,16,20H,11-13H2,1H3. The predicted molar refractivity (Wildman–Crippen MR) is 90.8 cm³/mol. The molecule has 3 rings (SSSR count). The summed E-state index contributed by atoms with van der Waals surface area (Å²) in [6.45, 7) is 0.672. The first kappa shape index (κ1) is 15.3. The summed E-state index contributed by atoms with van der Waals surface area (Å²) in [5.41, 5.74) is 3.36. The zero-order chi connectivity index (χ0) is 16.2. The molecular weight excluding hydrogens is 288 g/mol. The van der Waals surface area contributed by atoms with Crippen LogP contribution in [-0.2, 0) is 16.1 Å². The van der Waals surface area contributed by atoms with E-state index >= 15 is 0 Å². The number of carbonyl (C=O) groups is 1. The van der Waals surface area contributed by atoms with Crippen LogP contribution in [0.1, 0.15) is 29.9 Å². The van der Waals surface area contributed by atoms with Gasteiger partial charge in [0.15, 0.2) is 0 Å². The van der Waals surface area contributed by atoms with Crippen molar-refractivity contribution in [1.29, 1.82) is 5.41 Å². The predicted octanol–water partition coefficient (Wildman–Crippen LogP) is 3.72. The van der Waals surface area contributed by atoms with E-state index in [9.17, 15) is 4.79 Å². The number of rotatable bonds is 5. The lowest BCUT2D eigenvalue weighted by Gasteiger charge is -2.20. The van der Waals surface area contributed by atoms with Crippen molar-refractivity contribution in [3.63, 3.8) is 0 Å². The minimum absolute atomic E-state index is 0.0472. The summed E-state index contributed by atoms with van der Waals surface area (Å²) in [5, 5.41) is 8.57. The van der Waals surface area contributed by atoms with Crippen LogP contribution in [0.15, 0.2) is 54.6 Å². The summed E-state index contributed by atoms with van der Waals surface area (Å²) >= 11 is 0. The number of benzene rings is 2. The molecule has 4 nitrogen and oxygen atoms in total. The fourth-order valence-electron chi connectivity index (χ4n) is 3.09. The monoisotopic (exact) mass is 308 g/mol. The van der Waals surface area contributed by atoms with Gasteiger partial charge in [-0.05, 0) is 23.6 Å². The van der Waals surface area contributed by atoms with E-state index in [0.29, 0.717) is 25.2 Å². The molecule has 1 atom stereocenters. The third-order valence-corrected chi connectivity index (χ3v) is 4.27. The maximum Gasteiger partial charge on any atom is 0.305 e. The molecule has 0 bridgehead atoms. The van der Waals surface area contributed by atoms with Gasteiger partial charge in [0, 0.05) is 24.6 Å². The smallest absolute Gasteiger partial charge is 0.305 e. The Hall–Kier alpha value is -2.62. The average Bonchev–Trinajstić information content (AvgIpc) is 2.86. The number of para-hydroxylation sites is 1. The van der Waals surface area contributed by atoms with Crippen LogP contribution in [-0.4, -0.2) is 18.9 Å². The summed E-state index contributed by atoms with van der Waals surface area (Å²) in [7, 11) is 1.40. The van der Waals surface area contributed by atoms with E-state index in [1.807, 2.05) is 41.3 Å². The lowest BCUT2D eigenvalue weighted by atomic mass is 9.95. The number of esters is 1. The molecule has 1 aliphatic rings. The third-order valence-electron chi connectivity index (χ3n) is 4.27. The van der Waals surface area contributed by atoms with Gasteiger partial charge in [0.2, 0.25) is 0 Å². The van der Waals surface area contributed by atoms with Crippen molar-refractivity contribution in [3.8, 4) is 0 Å². The molecule has 0 amide bonds. The third kappa shape index (κ3) is 3.11. The van der Waals surface area contributed by atoms with Crippen molar-refractivity contribution in [2.24, 2.45) is 0 Å². The maximum atomic E-state index is 11.5. The molecule has 0 radical (unpaired) electrons. The lowest BCUT2D eigenvalue weighted by molar-refractivity contribution is -0.140. The SMILES string of the molecule is COC(=O)CCC1C(=N)N(Cc2ccccc2)c2ccccc21. The molecule has 1 N–H and O–H groups in total. The van der Waals surface area contributed by atoms with Crippen molar-refractivity contribution in [3.05, 3.63) is 65.7 Å². The number of nitrogens with one attached hydrogen (secondary N) is 1. The second-order valence-electron chi connectivity index (χ2n) is 5.68. The molecule has 0 aromatic heterocycles. The number of ether oxygens (including phenoxy) is 1. The second-order valence-corrected chi connectivity index (χ2v) is 5.68. The van der Waals surface area contributed by atoms with Gasteiger partial charge in [-0.1, -0.05) is 48.5 Å². The van der Waals surface area contributed by atoms with Crippen LogP contribution < -0.4 is 4.90 Å². The van der Waals surface area contributed by atoms with E-state index in [1.54, 1.807) is 0 Å². The highest BCUT2D eigenvalue weighted by molar-refractivity contribution is 6.06. The lowest BCUT2D eigenvalue weighted by Crippen LogP contribution is -2.27. The van der Waals surface area contributed by atoms with Gasteiger partial charge in [0.1, 0.15) is 5.84 Å². The van der Waals surface area contributed by atoms with Crippen LogP contribution in [0, 0.1) is 5.41 Å². The molecule has 0 aliphatic carbocycles. The minimum Gasteiger partial charge on any atom is -0.469 e. The molecule has 0 saturated carbocycles. The second kappa shape index (κ2) is 6.65. The molecule has 0 spiro atoms. The number of amidine groups is 1. The largest absolute Gasteiger partial charge is 0.469 e. The summed E-state index contributed by atoms with van der Waals surface area (Å²) in [5.74, 6) is 0.282. The molecule has 0 saturated heterocycles. The molecule has 1 heterocycles. The van der Waals surface area contributed by atoms with Crippen LogP contribution >= 0.6 is 0 Å². The zero-order valence-electron chi connectivity index (χ0n) is 13.2. The number of carbonyl (C=O) groups excluding carboxylic acids is 1. The topological polar surface area (TPSA) is 53.4 Å². The Bertz CT molecular complexity index is 712. The van der Waals surface area contributed by atoms with Crippen LogP contribution in [0.2, 0.25) is 0 Å². The molecular formula is C19H20N2O2. The quantitative estimate of drug-likeness (QED) is 0.856. The average molecular weight is 308 g/mol. The highest BCUT2D eigenvalue weighted by Crippen LogP contribution is 2.40. The summed E-state index contributed by atoms with van der Waals surface area (Å²) in [4.78, 5) is 13.5. The first-order valence-electron chi connectivity index (χ1n) is 7.76. The van der Waals surface area contributed by atoms with Gasteiger partial charge < -0.3 is 9.64 Å². The van der Waals surface area contributed by atoms with Crippen LogP contribution in [0.25, 0.3) is 0 Å². The maximum absolute atomic E-state index is 11.5. The number of anilines is 1. The Labute approximate surface area is 136 Å². The van der Waals surface area contributed by atoms with Gasteiger partial charge >= 0.3 is 5.97 Å². The Morgan fingerprint density at radius 1 is 1.13 bits per heavy atom. The molecule has 2 aromatic carbocycles. The normalized spacial score (nSPS) is 16.3. The Kier molecular flexibility index (Phi) is 4.42. The van der Waals surface area contributed by atoms with Crippen molar-refractivity contribution in [2.75, 3.05) is 12.0 Å². The molecule has 0 fully saturated rings. The Morgan fingerprint density at radius 3 is 2.57 bits per heavy atom. The zero-order valence-corrected chi connectivity index (χ0v) is 13.2. The van der Waals surface area contributed by atoms with E-state index in [0.717, 1.165) is 11.3 Å². The molecule has 1 aliphatic heterocycles. The summed E-state index contributed by atoms with van der Waals surface area (Å²) < 4.78 is 4.73. The highest BCUT2D eigenvalue weighted by Gasteiger charge is 2.33. The van der Waals surface area contributed by atoms with Gasteiger partial charge in [0.25, 0.3) is 0 Å². The first-order chi connectivity index (χ1) is 11.2. The number of nitrogens with zero attached hydrogens (tertiary/aromatic N) is 1. The molecule has 23 heavy (non-hydrogen) atoms. The van der Waals surface area contributed by atoms with Gasteiger partial charge in [-0.15, -0.1) is 0 Å². The number of hydrogen-bond donors (Lipinski definition) is 1. The van der Waals surface area contributed by atoms with Gasteiger partial charge in [-0.3, -0.25) is 10.2 Å². The first-order valence-corrected chi connectivity index (χ1v) is 7.76. The van der Waals surface area contributed by atoms with E-state index < -0.39 is 0 Å². The summed E-state index contributed by atoms with van der Waals surface area (Å²) in [6.07, 6.45) is 0.935. The van der Waals surface area contributed by atoms with E-state index in [4.69, 9.17) is 10.1 Å². The van der Waals surface area contributed by atoms with Crippen molar-refractivity contribution in [1.82, 2.24) is 0 Å². The van der Waals surface area contributed by atoms with E-state index in [-0.39, 0.29) is 11.9 Å². The van der Waals surface area contributed by atoms with Gasteiger partial charge in [0.05, 0.1) is 7.11 Å². The van der Waals surface area contributed by atoms with Crippen molar-refractivity contribution in [2.45, 2.75) is 25.3 Å². The Balaban J connectivity index is 1.84.